The summed E-state index contributed by atoms with van der Waals surface area (Å²) < 4.78 is 11.2. The van der Waals surface area contributed by atoms with Crippen LogP contribution < -0.4 is 0 Å². The van der Waals surface area contributed by atoms with Crippen LogP contribution in [0.3, 0.4) is 0 Å². The number of rotatable bonds is 2. The van der Waals surface area contributed by atoms with E-state index < -0.39 is 17.7 Å². The number of nitrogens with zero attached hydrogens (tertiary/aromatic N) is 3. The van der Waals surface area contributed by atoms with Crippen LogP contribution in [0.25, 0.3) is 0 Å². The molecular formula is C22H30ClN3O5. The Bertz CT molecular complexity index is 823. The molecule has 0 N–H and O–H groups in total. The number of likely N-dealkylation sites (N-methyl/N-ethyl adjacent to an activating group) is 1. The van der Waals surface area contributed by atoms with E-state index in [1.54, 1.807) is 46.0 Å². The van der Waals surface area contributed by atoms with Crippen LogP contribution in [0.5, 0.6) is 0 Å². The lowest BCUT2D eigenvalue weighted by molar-refractivity contribution is -0.167. The largest absolute Gasteiger partial charge is 0.444 e. The number of carbonyl (C=O) groups is 3. The van der Waals surface area contributed by atoms with Crippen LogP contribution in [0.1, 0.15) is 38.8 Å². The van der Waals surface area contributed by atoms with Crippen molar-refractivity contribution in [2.75, 3.05) is 39.8 Å². The summed E-state index contributed by atoms with van der Waals surface area (Å²) in [5.74, 6) is -0.374. The summed E-state index contributed by atoms with van der Waals surface area (Å²) in [6.07, 6.45) is -0.560. The Hall–Kier alpha value is -2.32. The van der Waals surface area contributed by atoms with Crippen LogP contribution >= 0.6 is 11.6 Å². The molecule has 2 saturated heterocycles. The SMILES string of the molecule is CN1C(=O)COC(C(=O)N2CCCN(C(=O)OC(C)(C)C)CC2)C1c1ccc(Cl)cc1. The molecule has 2 aliphatic heterocycles. The third-order valence-corrected chi connectivity index (χ3v) is 5.65. The summed E-state index contributed by atoms with van der Waals surface area (Å²) in [7, 11) is 1.68. The molecule has 2 aliphatic rings. The zero-order chi connectivity index (χ0) is 22.8. The van der Waals surface area contributed by atoms with Gasteiger partial charge in [0.15, 0.2) is 6.10 Å². The van der Waals surface area contributed by atoms with Crippen LogP contribution in [0.15, 0.2) is 24.3 Å². The first-order valence-corrected chi connectivity index (χ1v) is 10.8. The zero-order valence-electron chi connectivity index (χ0n) is 18.5. The third-order valence-electron chi connectivity index (χ3n) is 5.40. The molecule has 2 fully saturated rings. The van der Waals surface area contributed by atoms with E-state index in [2.05, 4.69) is 0 Å². The number of hydrogen-bond donors (Lipinski definition) is 0. The van der Waals surface area contributed by atoms with Crippen molar-refractivity contribution in [2.45, 2.75) is 44.9 Å². The van der Waals surface area contributed by atoms with Crippen molar-refractivity contribution in [1.82, 2.24) is 14.7 Å². The van der Waals surface area contributed by atoms with Gasteiger partial charge in [0.2, 0.25) is 5.91 Å². The van der Waals surface area contributed by atoms with Crippen molar-refractivity contribution in [1.29, 1.82) is 0 Å². The smallest absolute Gasteiger partial charge is 0.410 e. The molecule has 8 nitrogen and oxygen atoms in total. The Labute approximate surface area is 188 Å². The van der Waals surface area contributed by atoms with Crippen LogP contribution in [-0.4, -0.2) is 84.1 Å². The Morgan fingerprint density at radius 1 is 1.06 bits per heavy atom. The fourth-order valence-electron chi connectivity index (χ4n) is 3.80. The Morgan fingerprint density at radius 2 is 1.68 bits per heavy atom. The lowest BCUT2D eigenvalue weighted by Gasteiger charge is -2.40. The highest BCUT2D eigenvalue weighted by Crippen LogP contribution is 2.31. The quantitative estimate of drug-likeness (QED) is 0.690. The van der Waals surface area contributed by atoms with Gasteiger partial charge in [-0.3, -0.25) is 9.59 Å². The second-order valence-electron chi connectivity index (χ2n) is 8.88. The second-order valence-corrected chi connectivity index (χ2v) is 9.32. The number of carbonyl (C=O) groups excluding carboxylic acids is 3. The molecule has 3 rings (SSSR count). The number of morpholine rings is 1. The summed E-state index contributed by atoms with van der Waals surface area (Å²) in [6, 6.07) is 6.53. The molecule has 1 aromatic carbocycles. The average molecular weight is 452 g/mol. The van der Waals surface area contributed by atoms with E-state index in [9.17, 15) is 14.4 Å². The molecule has 0 saturated carbocycles. The molecule has 0 aliphatic carbocycles. The molecule has 31 heavy (non-hydrogen) atoms. The van der Waals surface area contributed by atoms with E-state index in [0.29, 0.717) is 37.6 Å². The van der Waals surface area contributed by atoms with Crippen LogP contribution in [0.2, 0.25) is 5.02 Å². The van der Waals surface area contributed by atoms with Gasteiger partial charge in [0, 0.05) is 38.2 Å². The third kappa shape index (κ3) is 5.68. The first-order valence-electron chi connectivity index (χ1n) is 10.5. The number of halogens is 1. The first-order chi connectivity index (χ1) is 14.6. The predicted octanol–water partition coefficient (Wildman–Crippen LogP) is 2.71. The molecule has 170 valence electrons. The summed E-state index contributed by atoms with van der Waals surface area (Å²) >= 11 is 6.00. The van der Waals surface area contributed by atoms with Gasteiger partial charge in [-0.1, -0.05) is 23.7 Å². The monoisotopic (exact) mass is 451 g/mol. The fraction of sp³-hybridized carbons (Fsp3) is 0.591. The van der Waals surface area contributed by atoms with Gasteiger partial charge in [-0.05, 0) is 44.9 Å². The minimum atomic E-state index is -0.822. The van der Waals surface area contributed by atoms with E-state index in [4.69, 9.17) is 21.1 Å². The Balaban J connectivity index is 1.73. The molecular weight excluding hydrogens is 422 g/mol. The molecule has 3 amide bonds. The van der Waals surface area contributed by atoms with Crippen molar-refractivity contribution < 1.29 is 23.9 Å². The highest BCUT2D eigenvalue weighted by atomic mass is 35.5. The highest BCUT2D eigenvalue weighted by molar-refractivity contribution is 6.30. The molecule has 2 atom stereocenters. The lowest BCUT2D eigenvalue weighted by Crippen LogP contribution is -2.54. The van der Waals surface area contributed by atoms with Crippen molar-refractivity contribution >= 4 is 29.5 Å². The number of amides is 3. The van der Waals surface area contributed by atoms with Gasteiger partial charge in [-0.2, -0.15) is 0 Å². The number of ether oxygens (including phenoxy) is 2. The average Bonchev–Trinajstić information content (AvgIpc) is 2.95. The van der Waals surface area contributed by atoms with Gasteiger partial charge in [-0.15, -0.1) is 0 Å². The zero-order valence-corrected chi connectivity index (χ0v) is 19.2. The number of hydrogen-bond acceptors (Lipinski definition) is 5. The normalized spacial score (nSPS) is 22.9. The second kappa shape index (κ2) is 9.44. The van der Waals surface area contributed by atoms with E-state index in [-0.39, 0.29) is 24.5 Å². The topological polar surface area (TPSA) is 79.4 Å². The maximum Gasteiger partial charge on any atom is 0.410 e. The fourth-order valence-corrected chi connectivity index (χ4v) is 3.93. The van der Waals surface area contributed by atoms with Gasteiger partial charge in [-0.25, -0.2) is 4.79 Å². The molecule has 2 unspecified atom stereocenters. The van der Waals surface area contributed by atoms with Crippen LogP contribution in [0, 0.1) is 0 Å². The molecule has 9 heteroatoms. The minimum absolute atomic E-state index is 0.144. The Morgan fingerprint density at radius 3 is 2.32 bits per heavy atom. The molecule has 0 aromatic heterocycles. The van der Waals surface area contributed by atoms with Crippen molar-refractivity contribution in [3.05, 3.63) is 34.9 Å². The van der Waals surface area contributed by atoms with E-state index in [1.165, 1.54) is 0 Å². The molecule has 0 spiro atoms. The molecule has 1 aromatic rings. The van der Waals surface area contributed by atoms with Crippen LogP contribution in [0.4, 0.5) is 4.79 Å². The summed E-state index contributed by atoms with van der Waals surface area (Å²) in [4.78, 5) is 43.0. The van der Waals surface area contributed by atoms with E-state index in [0.717, 1.165) is 5.56 Å². The Kier molecular flexibility index (Phi) is 7.11. The maximum absolute atomic E-state index is 13.4. The molecule has 2 heterocycles. The van der Waals surface area contributed by atoms with E-state index >= 15 is 0 Å². The van der Waals surface area contributed by atoms with Crippen molar-refractivity contribution in [3.63, 3.8) is 0 Å². The molecule has 0 radical (unpaired) electrons. The van der Waals surface area contributed by atoms with E-state index in [1.807, 2.05) is 20.8 Å². The minimum Gasteiger partial charge on any atom is -0.444 e. The number of benzene rings is 1. The lowest BCUT2D eigenvalue weighted by atomic mass is 9.97. The highest BCUT2D eigenvalue weighted by Gasteiger charge is 2.42. The van der Waals surface area contributed by atoms with Gasteiger partial charge in [0.05, 0.1) is 6.04 Å². The van der Waals surface area contributed by atoms with Gasteiger partial charge in [0.25, 0.3) is 5.91 Å². The predicted molar refractivity (Wildman–Crippen MR) is 116 cm³/mol. The first kappa shape index (κ1) is 23.3. The van der Waals surface area contributed by atoms with Crippen molar-refractivity contribution in [3.8, 4) is 0 Å². The van der Waals surface area contributed by atoms with Crippen molar-refractivity contribution in [2.24, 2.45) is 0 Å². The van der Waals surface area contributed by atoms with Gasteiger partial charge in [0.1, 0.15) is 12.2 Å². The summed E-state index contributed by atoms with van der Waals surface area (Å²) in [5, 5.41) is 0.576. The van der Waals surface area contributed by atoms with Crippen LogP contribution in [-0.2, 0) is 19.1 Å². The molecule has 0 bridgehead atoms. The summed E-state index contributed by atoms with van der Waals surface area (Å²) in [6.45, 7) is 7.12. The van der Waals surface area contributed by atoms with Gasteiger partial charge >= 0.3 is 6.09 Å². The van der Waals surface area contributed by atoms with Gasteiger partial charge < -0.3 is 24.2 Å². The summed E-state index contributed by atoms with van der Waals surface area (Å²) in [5.41, 5.74) is 0.209. The maximum atomic E-state index is 13.4. The standard InChI is InChI=1S/C22H30ClN3O5/c1-22(2,3)31-21(29)26-11-5-10-25(12-13-26)20(28)19-18(24(4)17(27)14-30-19)15-6-8-16(23)9-7-15/h6-9,18-19H,5,10-14H2,1-4H3.